The summed E-state index contributed by atoms with van der Waals surface area (Å²) in [6, 6.07) is 13.3. The number of hydrogen-bond acceptors (Lipinski definition) is 6. The molecule has 1 aromatic heterocycles. The molecule has 0 spiro atoms. The van der Waals surface area contributed by atoms with Crippen LogP contribution in [0.3, 0.4) is 0 Å². The van der Waals surface area contributed by atoms with E-state index in [-0.39, 0.29) is 5.91 Å². The van der Waals surface area contributed by atoms with Gasteiger partial charge in [-0.3, -0.25) is 4.79 Å². The molecule has 0 saturated heterocycles. The molecule has 3 aromatic rings. The number of nitrogens with zero attached hydrogens (tertiary/aromatic N) is 1. The summed E-state index contributed by atoms with van der Waals surface area (Å²) in [6.45, 7) is 5.35. The van der Waals surface area contributed by atoms with Gasteiger partial charge in [-0.25, -0.2) is 0 Å². The monoisotopic (exact) mass is 410 g/mol. The first-order chi connectivity index (χ1) is 14.1. The molecule has 0 fully saturated rings. The van der Waals surface area contributed by atoms with Gasteiger partial charge in [-0.2, -0.15) is 0 Å². The van der Waals surface area contributed by atoms with Crippen molar-refractivity contribution < 1.29 is 18.8 Å². The van der Waals surface area contributed by atoms with Crippen LogP contribution in [0, 0.1) is 13.8 Å². The number of aryl methyl sites for hydroxylation is 2. The molecular formula is C22H22N2O4S. The Kier molecular flexibility index (Phi) is 5.76. The van der Waals surface area contributed by atoms with Crippen LogP contribution in [0.15, 0.2) is 51.9 Å². The molecule has 0 aliphatic carbocycles. The van der Waals surface area contributed by atoms with E-state index in [2.05, 4.69) is 10.5 Å². The van der Waals surface area contributed by atoms with Gasteiger partial charge in [0.2, 0.25) is 0 Å². The van der Waals surface area contributed by atoms with Gasteiger partial charge in [0.15, 0.2) is 11.5 Å². The number of rotatable bonds is 6. The molecule has 2 heterocycles. The van der Waals surface area contributed by atoms with Crippen LogP contribution < -0.4 is 14.8 Å². The van der Waals surface area contributed by atoms with Gasteiger partial charge in [0, 0.05) is 22.8 Å². The maximum absolute atomic E-state index is 12.8. The van der Waals surface area contributed by atoms with Crippen LogP contribution in [0.1, 0.15) is 32.9 Å². The molecular weight excluding hydrogens is 388 g/mol. The lowest BCUT2D eigenvalue weighted by Crippen LogP contribution is -2.23. The fourth-order valence-corrected chi connectivity index (χ4v) is 4.32. The number of amides is 1. The summed E-state index contributed by atoms with van der Waals surface area (Å²) in [6.07, 6.45) is 0. The van der Waals surface area contributed by atoms with Crippen LogP contribution in [-0.4, -0.2) is 24.3 Å². The number of aromatic nitrogens is 1. The Labute approximate surface area is 173 Å². The second-order valence-electron chi connectivity index (χ2n) is 6.75. The molecule has 7 heteroatoms. The third-order valence-electron chi connectivity index (χ3n) is 4.74. The van der Waals surface area contributed by atoms with E-state index in [1.165, 1.54) is 0 Å². The predicted molar refractivity (Wildman–Crippen MR) is 111 cm³/mol. The van der Waals surface area contributed by atoms with Crippen molar-refractivity contribution in [2.75, 3.05) is 13.2 Å². The van der Waals surface area contributed by atoms with Crippen LogP contribution >= 0.6 is 11.8 Å². The molecule has 0 saturated carbocycles. The van der Waals surface area contributed by atoms with Crippen LogP contribution in [0.2, 0.25) is 0 Å². The molecule has 0 bridgehead atoms. The van der Waals surface area contributed by atoms with Gasteiger partial charge in [-0.1, -0.05) is 23.4 Å². The summed E-state index contributed by atoms with van der Waals surface area (Å²) in [5, 5.41) is 6.99. The number of nitrogens with one attached hydrogen (secondary N) is 1. The second kappa shape index (κ2) is 8.61. The molecule has 0 atom stereocenters. The maximum Gasteiger partial charge on any atom is 0.252 e. The highest BCUT2D eigenvalue weighted by atomic mass is 32.2. The highest BCUT2D eigenvalue weighted by molar-refractivity contribution is 7.98. The number of hydrogen-bond donors (Lipinski definition) is 1. The van der Waals surface area contributed by atoms with Crippen LogP contribution in [0.4, 0.5) is 0 Å². The number of thioether (sulfide) groups is 1. The van der Waals surface area contributed by atoms with Gasteiger partial charge in [0.05, 0.1) is 11.3 Å². The van der Waals surface area contributed by atoms with E-state index in [9.17, 15) is 4.79 Å². The molecule has 29 heavy (non-hydrogen) atoms. The number of carbonyl (C=O) groups is 1. The number of benzene rings is 2. The highest BCUT2D eigenvalue weighted by Gasteiger charge is 2.15. The van der Waals surface area contributed by atoms with Gasteiger partial charge in [-0.15, -0.1) is 11.8 Å². The molecule has 0 unspecified atom stereocenters. The van der Waals surface area contributed by atoms with E-state index < -0.39 is 0 Å². The first kappa shape index (κ1) is 19.4. The zero-order valence-electron chi connectivity index (χ0n) is 16.4. The molecule has 1 aliphatic heterocycles. The van der Waals surface area contributed by atoms with Crippen molar-refractivity contribution in [2.24, 2.45) is 0 Å². The van der Waals surface area contributed by atoms with E-state index in [4.69, 9.17) is 14.0 Å². The predicted octanol–water partition coefficient (Wildman–Crippen LogP) is 4.28. The average Bonchev–Trinajstić information content (AvgIpc) is 3.08. The van der Waals surface area contributed by atoms with Crippen molar-refractivity contribution >= 4 is 17.7 Å². The molecule has 4 rings (SSSR count). The van der Waals surface area contributed by atoms with Crippen molar-refractivity contribution in [3.63, 3.8) is 0 Å². The summed E-state index contributed by atoms with van der Waals surface area (Å²) in [7, 11) is 0. The fraction of sp³-hybridized carbons (Fsp3) is 0.273. The Morgan fingerprint density at radius 2 is 1.90 bits per heavy atom. The minimum Gasteiger partial charge on any atom is -0.486 e. The van der Waals surface area contributed by atoms with Crippen molar-refractivity contribution in [1.29, 1.82) is 0 Å². The van der Waals surface area contributed by atoms with Gasteiger partial charge in [0.25, 0.3) is 5.91 Å². The van der Waals surface area contributed by atoms with E-state index in [0.717, 1.165) is 39.0 Å². The zero-order valence-corrected chi connectivity index (χ0v) is 17.2. The molecule has 150 valence electrons. The summed E-state index contributed by atoms with van der Waals surface area (Å²) in [5.74, 6) is 2.87. The second-order valence-corrected chi connectivity index (χ2v) is 7.77. The van der Waals surface area contributed by atoms with Crippen molar-refractivity contribution in [3.05, 3.63) is 70.6 Å². The standard InChI is InChI=1S/C22H22N2O4S/c1-14-18(15(2)28-24-14)13-29-21-6-4-3-5-17(21)22(25)23-12-16-7-8-19-20(11-16)27-10-9-26-19/h3-8,11H,9-10,12-13H2,1-2H3,(H,23,25). The Balaban J connectivity index is 1.42. The number of ether oxygens (including phenoxy) is 2. The highest BCUT2D eigenvalue weighted by Crippen LogP contribution is 2.31. The normalized spacial score (nSPS) is 12.6. The molecule has 1 amide bonds. The quantitative estimate of drug-likeness (QED) is 0.612. The average molecular weight is 410 g/mol. The van der Waals surface area contributed by atoms with Gasteiger partial charge < -0.3 is 19.3 Å². The van der Waals surface area contributed by atoms with Crippen LogP contribution in [0.5, 0.6) is 11.5 Å². The van der Waals surface area contributed by atoms with E-state index >= 15 is 0 Å². The molecule has 2 aromatic carbocycles. The van der Waals surface area contributed by atoms with Gasteiger partial charge in [0.1, 0.15) is 19.0 Å². The van der Waals surface area contributed by atoms with Gasteiger partial charge in [-0.05, 0) is 43.7 Å². The Morgan fingerprint density at radius 1 is 1.10 bits per heavy atom. The zero-order chi connectivity index (χ0) is 20.2. The summed E-state index contributed by atoms with van der Waals surface area (Å²) < 4.78 is 16.4. The van der Waals surface area contributed by atoms with E-state index in [1.807, 2.05) is 56.3 Å². The fourth-order valence-electron chi connectivity index (χ4n) is 3.11. The third-order valence-corrected chi connectivity index (χ3v) is 5.84. The number of carbonyl (C=O) groups excluding carboxylic acids is 1. The van der Waals surface area contributed by atoms with Crippen LogP contribution in [-0.2, 0) is 12.3 Å². The van der Waals surface area contributed by atoms with Crippen molar-refractivity contribution in [3.8, 4) is 11.5 Å². The summed E-state index contributed by atoms with van der Waals surface area (Å²) in [4.78, 5) is 13.7. The Hall–Kier alpha value is -2.93. The SMILES string of the molecule is Cc1noc(C)c1CSc1ccccc1C(=O)NCc1ccc2c(c1)OCCO2. The van der Waals surface area contributed by atoms with E-state index in [0.29, 0.717) is 31.1 Å². The summed E-state index contributed by atoms with van der Waals surface area (Å²) >= 11 is 1.60. The third kappa shape index (κ3) is 4.40. The maximum atomic E-state index is 12.8. The van der Waals surface area contributed by atoms with E-state index in [1.54, 1.807) is 11.8 Å². The first-order valence-corrected chi connectivity index (χ1v) is 10.4. The lowest BCUT2D eigenvalue weighted by Gasteiger charge is -2.19. The summed E-state index contributed by atoms with van der Waals surface area (Å²) in [5.41, 5.74) is 3.57. The smallest absolute Gasteiger partial charge is 0.252 e. The van der Waals surface area contributed by atoms with Gasteiger partial charge >= 0.3 is 0 Å². The number of fused-ring (bicyclic) bond motifs is 1. The van der Waals surface area contributed by atoms with Crippen LogP contribution in [0.25, 0.3) is 0 Å². The lowest BCUT2D eigenvalue weighted by atomic mass is 10.1. The topological polar surface area (TPSA) is 73.6 Å². The minimum atomic E-state index is -0.109. The van der Waals surface area contributed by atoms with Crippen molar-refractivity contribution in [2.45, 2.75) is 31.0 Å². The largest absolute Gasteiger partial charge is 0.486 e. The minimum absolute atomic E-state index is 0.109. The van der Waals surface area contributed by atoms with Crippen molar-refractivity contribution in [1.82, 2.24) is 10.5 Å². The Bertz CT molecular complexity index is 1010. The molecule has 1 aliphatic rings. The molecule has 1 N–H and O–H groups in total. The Morgan fingerprint density at radius 3 is 2.69 bits per heavy atom. The molecule has 0 radical (unpaired) electrons. The lowest BCUT2D eigenvalue weighted by molar-refractivity contribution is 0.0948. The molecule has 6 nitrogen and oxygen atoms in total. The first-order valence-electron chi connectivity index (χ1n) is 9.42.